The Balaban J connectivity index is 2.15. The number of rotatable bonds is 2. The van der Waals surface area contributed by atoms with E-state index in [9.17, 15) is 4.79 Å². The van der Waals surface area contributed by atoms with E-state index in [1.807, 2.05) is 0 Å². The van der Waals surface area contributed by atoms with E-state index in [0.717, 1.165) is 0 Å². The molecule has 0 spiro atoms. The first-order valence-electron chi connectivity index (χ1n) is 4.33. The number of anilines is 1. The van der Waals surface area contributed by atoms with E-state index in [4.69, 9.17) is 10.6 Å². The lowest BCUT2D eigenvalue weighted by molar-refractivity contribution is 0.0463. The maximum atomic E-state index is 11.5. The molecule has 2 N–H and O–H groups in total. The van der Waals surface area contributed by atoms with E-state index in [1.54, 1.807) is 30.6 Å². The molecule has 0 amide bonds. The van der Waals surface area contributed by atoms with E-state index in [1.165, 1.54) is 17.0 Å². The summed E-state index contributed by atoms with van der Waals surface area (Å²) in [5, 5.41) is 0. The fraction of sp³-hybridized carbons (Fsp3) is 0. The summed E-state index contributed by atoms with van der Waals surface area (Å²) in [6.07, 6.45) is 4.71. The molecule has 0 aromatic carbocycles. The molecule has 0 fully saturated rings. The van der Waals surface area contributed by atoms with Crippen LogP contribution in [0.2, 0.25) is 0 Å². The van der Waals surface area contributed by atoms with E-state index in [2.05, 4.69) is 4.98 Å². The van der Waals surface area contributed by atoms with Gasteiger partial charge in [0.05, 0.1) is 5.56 Å². The van der Waals surface area contributed by atoms with Crippen molar-refractivity contribution in [3.63, 3.8) is 0 Å². The Kier molecular flexibility index (Phi) is 2.37. The molecule has 0 saturated carbocycles. The molecule has 0 unspecified atom stereocenters. The quantitative estimate of drug-likeness (QED) is 0.781. The van der Waals surface area contributed by atoms with E-state index in [0.29, 0.717) is 5.56 Å². The standard InChI is InChI=1S/C10H9N3O2/c11-9-7-8(3-4-12-9)10(14)15-13-5-1-2-6-13/h1-7H,(H2,11,12). The number of nitrogen functional groups attached to an aromatic ring is 1. The molecular formula is C10H9N3O2. The van der Waals surface area contributed by atoms with Crippen LogP contribution in [0.25, 0.3) is 0 Å². The number of carbonyl (C=O) groups is 1. The third-order valence-electron chi connectivity index (χ3n) is 1.78. The Hall–Kier alpha value is -2.30. The summed E-state index contributed by atoms with van der Waals surface area (Å²) in [5.74, 6) is -0.183. The number of nitrogens with zero attached hydrogens (tertiary/aromatic N) is 2. The van der Waals surface area contributed by atoms with Crippen LogP contribution in [0.1, 0.15) is 10.4 Å². The first-order valence-corrected chi connectivity index (χ1v) is 4.33. The van der Waals surface area contributed by atoms with Gasteiger partial charge in [0, 0.05) is 18.6 Å². The number of nitrogens with two attached hydrogens (primary N) is 1. The Bertz CT molecular complexity index is 465. The molecule has 0 bridgehead atoms. The highest BCUT2D eigenvalue weighted by molar-refractivity contribution is 5.90. The van der Waals surface area contributed by atoms with Gasteiger partial charge in [0.15, 0.2) is 0 Å². The van der Waals surface area contributed by atoms with Gasteiger partial charge in [-0.3, -0.25) is 0 Å². The van der Waals surface area contributed by atoms with Crippen molar-refractivity contribution in [1.29, 1.82) is 0 Å². The molecule has 0 aliphatic carbocycles. The average Bonchev–Trinajstić information content (AvgIpc) is 2.70. The summed E-state index contributed by atoms with van der Waals surface area (Å²) in [6.45, 7) is 0. The Morgan fingerprint density at radius 2 is 2.13 bits per heavy atom. The lowest BCUT2D eigenvalue weighted by Gasteiger charge is -2.03. The van der Waals surface area contributed by atoms with Crippen molar-refractivity contribution in [3.05, 3.63) is 48.4 Å². The molecule has 0 saturated heterocycles. The molecule has 2 aromatic rings. The highest BCUT2D eigenvalue weighted by atomic mass is 16.7. The monoisotopic (exact) mass is 203 g/mol. The second-order valence-electron chi connectivity index (χ2n) is 2.89. The predicted molar refractivity (Wildman–Crippen MR) is 54.0 cm³/mol. The van der Waals surface area contributed by atoms with Gasteiger partial charge in [-0.15, -0.1) is 0 Å². The summed E-state index contributed by atoms with van der Waals surface area (Å²) in [4.78, 5) is 20.3. The fourth-order valence-corrected chi connectivity index (χ4v) is 1.10. The van der Waals surface area contributed by atoms with Gasteiger partial charge in [-0.05, 0) is 24.3 Å². The normalized spacial score (nSPS) is 9.87. The third kappa shape index (κ3) is 2.14. The number of hydrogen-bond donors (Lipinski definition) is 1. The molecule has 0 aliphatic heterocycles. The van der Waals surface area contributed by atoms with Crippen LogP contribution >= 0.6 is 0 Å². The van der Waals surface area contributed by atoms with Gasteiger partial charge in [-0.2, -0.15) is 4.73 Å². The van der Waals surface area contributed by atoms with Crippen molar-refractivity contribution in [2.45, 2.75) is 0 Å². The van der Waals surface area contributed by atoms with Crippen molar-refractivity contribution < 1.29 is 9.63 Å². The Labute approximate surface area is 86.1 Å². The van der Waals surface area contributed by atoms with Crippen molar-refractivity contribution in [3.8, 4) is 0 Å². The van der Waals surface area contributed by atoms with Crippen molar-refractivity contribution in [1.82, 2.24) is 9.71 Å². The number of hydrogen-bond acceptors (Lipinski definition) is 4. The summed E-state index contributed by atoms with van der Waals surface area (Å²) in [6, 6.07) is 6.52. The Morgan fingerprint density at radius 3 is 2.80 bits per heavy atom. The van der Waals surface area contributed by atoms with Crippen LogP contribution in [-0.2, 0) is 0 Å². The van der Waals surface area contributed by atoms with Crippen LogP contribution in [0.3, 0.4) is 0 Å². The minimum absolute atomic E-state index is 0.289. The van der Waals surface area contributed by atoms with E-state index < -0.39 is 5.97 Å². The summed E-state index contributed by atoms with van der Waals surface area (Å²) >= 11 is 0. The maximum Gasteiger partial charge on any atom is 0.363 e. The van der Waals surface area contributed by atoms with E-state index >= 15 is 0 Å². The first kappa shape index (κ1) is 9.26. The number of carbonyl (C=O) groups excluding carboxylic acids is 1. The molecule has 76 valence electrons. The van der Waals surface area contributed by atoms with Crippen LogP contribution in [0.15, 0.2) is 42.9 Å². The van der Waals surface area contributed by atoms with Crippen LogP contribution in [0.4, 0.5) is 5.82 Å². The Morgan fingerprint density at radius 1 is 1.40 bits per heavy atom. The minimum Gasteiger partial charge on any atom is -0.384 e. The van der Waals surface area contributed by atoms with Gasteiger partial charge in [-0.1, -0.05) is 0 Å². The molecule has 0 aliphatic rings. The predicted octanol–water partition coefficient (Wildman–Crippen LogP) is 0.734. The topological polar surface area (TPSA) is 70.1 Å². The molecule has 2 rings (SSSR count). The largest absolute Gasteiger partial charge is 0.384 e. The lowest BCUT2D eigenvalue weighted by atomic mass is 10.3. The zero-order valence-corrected chi connectivity index (χ0v) is 7.83. The summed E-state index contributed by atoms with van der Waals surface area (Å²) in [7, 11) is 0. The molecular weight excluding hydrogens is 194 g/mol. The van der Waals surface area contributed by atoms with Gasteiger partial charge in [0.1, 0.15) is 5.82 Å². The fourth-order valence-electron chi connectivity index (χ4n) is 1.10. The van der Waals surface area contributed by atoms with Crippen LogP contribution in [0, 0.1) is 0 Å². The third-order valence-corrected chi connectivity index (χ3v) is 1.78. The van der Waals surface area contributed by atoms with Crippen molar-refractivity contribution in [2.75, 3.05) is 5.73 Å². The summed E-state index contributed by atoms with van der Waals surface area (Å²) in [5.41, 5.74) is 5.82. The zero-order valence-electron chi connectivity index (χ0n) is 7.83. The smallest absolute Gasteiger partial charge is 0.363 e. The first-order chi connectivity index (χ1) is 7.25. The van der Waals surface area contributed by atoms with Crippen LogP contribution < -0.4 is 10.6 Å². The average molecular weight is 203 g/mol. The van der Waals surface area contributed by atoms with Gasteiger partial charge in [0.25, 0.3) is 0 Å². The van der Waals surface area contributed by atoms with Gasteiger partial charge in [0.2, 0.25) is 0 Å². The number of aromatic nitrogens is 2. The second-order valence-corrected chi connectivity index (χ2v) is 2.89. The molecule has 2 heterocycles. The highest BCUT2D eigenvalue weighted by Gasteiger charge is 2.08. The molecule has 0 atom stereocenters. The summed E-state index contributed by atoms with van der Waals surface area (Å²) < 4.78 is 1.32. The highest BCUT2D eigenvalue weighted by Crippen LogP contribution is 2.03. The van der Waals surface area contributed by atoms with E-state index in [-0.39, 0.29) is 5.82 Å². The van der Waals surface area contributed by atoms with Crippen molar-refractivity contribution >= 4 is 11.8 Å². The van der Waals surface area contributed by atoms with Gasteiger partial charge < -0.3 is 10.6 Å². The van der Waals surface area contributed by atoms with Crippen LogP contribution in [-0.4, -0.2) is 15.7 Å². The molecule has 15 heavy (non-hydrogen) atoms. The molecule has 5 nitrogen and oxygen atoms in total. The minimum atomic E-state index is -0.472. The maximum absolute atomic E-state index is 11.5. The van der Waals surface area contributed by atoms with Gasteiger partial charge >= 0.3 is 5.97 Å². The SMILES string of the molecule is Nc1cc(C(=O)On2cccc2)ccn1. The lowest BCUT2D eigenvalue weighted by Crippen LogP contribution is -2.18. The van der Waals surface area contributed by atoms with Gasteiger partial charge in [-0.25, -0.2) is 9.78 Å². The van der Waals surface area contributed by atoms with Crippen molar-refractivity contribution in [2.24, 2.45) is 0 Å². The molecule has 2 aromatic heterocycles. The number of pyridine rings is 1. The van der Waals surface area contributed by atoms with Crippen LogP contribution in [0.5, 0.6) is 0 Å². The molecule has 0 radical (unpaired) electrons. The zero-order chi connectivity index (χ0) is 10.7. The second kappa shape index (κ2) is 3.83. The molecule has 5 heteroatoms.